The van der Waals surface area contributed by atoms with E-state index in [-0.39, 0.29) is 17.8 Å². The van der Waals surface area contributed by atoms with Gasteiger partial charge in [-0.25, -0.2) is 4.79 Å². The zero-order chi connectivity index (χ0) is 15.1. The normalized spacial score (nSPS) is 9.60. The van der Waals surface area contributed by atoms with Crippen LogP contribution in [0.25, 0.3) is 0 Å². The van der Waals surface area contributed by atoms with Gasteiger partial charge in [0.25, 0.3) is 5.69 Å². The van der Waals surface area contributed by atoms with Crippen LogP contribution in [0.1, 0.15) is 10.4 Å². The molecule has 106 valence electrons. The molecule has 9 heteroatoms. The number of amides is 2. The minimum atomic E-state index is -1.35. The molecule has 9 nitrogen and oxygen atoms in total. The molecule has 3 N–H and O–H groups in total. The molecule has 0 fully saturated rings. The molecule has 1 aromatic carbocycles. The molecule has 0 saturated heterocycles. The van der Waals surface area contributed by atoms with Gasteiger partial charge in [-0.1, -0.05) is 0 Å². The predicted molar refractivity (Wildman–Crippen MR) is 66.5 cm³/mol. The first kappa shape index (κ1) is 15.1. The SMILES string of the molecule is O=C(O)NCC(=O)NCC(=O)c1ccc([N+](=O)[O-])cc1. The van der Waals surface area contributed by atoms with Gasteiger partial charge in [0, 0.05) is 17.7 Å². The number of nitrogens with one attached hydrogen (secondary N) is 2. The quantitative estimate of drug-likeness (QED) is 0.385. The third-order valence-corrected chi connectivity index (χ3v) is 2.25. The summed E-state index contributed by atoms with van der Waals surface area (Å²) in [5, 5.41) is 22.8. The number of hydrogen-bond donors (Lipinski definition) is 3. The average molecular weight is 281 g/mol. The van der Waals surface area contributed by atoms with Crippen molar-refractivity contribution in [3.05, 3.63) is 39.9 Å². The van der Waals surface area contributed by atoms with Crippen molar-refractivity contribution >= 4 is 23.5 Å². The summed E-state index contributed by atoms with van der Waals surface area (Å²) in [6.45, 7) is -0.777. The molecule has 0 bridgehead atoms. The first-order valence-corrected chi connectivity index (χ1v) is 5.41. The van der Waals surface area contributed by atoms with Crippen molar-refractivity contribution in [2.45, 2.75) is 0 Å². The minimum absolute atomic E-state index is 0.142. The van der Waals surface area contributed by atoms with Gasteiger partial charge in [0.05, 0.1) is 18.0 Å². The lowest BCUT2D eigenvalue weighted by Crippen LogP contribution is -2.38. The zero-order valence-corrected chi connectivity index (χ0v) is 10.2. The van der Waals surface area contributed by atoms with Gasteiger partial charge in [-0.05, 0) is 12.1 Å². The molecule has 0 atom stereocenters. The summed E-state index contributed by atoms with van der Waals surface area (Å²) in [5.41, 5.74) is 0.0679. The van der Waals surface area contributed by atoms with Gasteiger partial charge in [-0.3, -0.25) is 19.7 Å². The van der Waals surface area contributed by atoms with Crippen LogP contribution in [-0.4, -0.2) is 40.9 Å². The number of non-ortho nitro benzene ring substituents is 1. The maximum Gasteiger partial charge on any atom is 0.405 e. The Balaban J connectivity index is 2.48. The molecule has 0 aromatic heterocycles. The van der Waals surface area contributed by atoms with Gasteiger partial charge >= 0.3 is 6.09 Å². The van der Waals surface area contributed by atoms with Crippen molar-refractivity contribution in [3.63, 3.8) is 0 Å². The number of Topliss-reactive ketones (excluding diaryl/α,β-unsaturated/α-hetero) is 1. The van der Waals surface area contributed by atoms with Crippen LogP contribution in [0.3, 0.4) is 0 Å². The molecule has 20 heavy (non-hydrogen) atoms. The smallest absolute Gasteiger partial charge is 0.405 e. The van der Waals surface area contributed by atoms with E-state index < -0.39 is 29.3 Å². The second-order valence-electron chi connectivity index (χ2n) is 3.66. The average Bonchev–Trinajstić information content (AvgIpc) is 2.42. The maximum atomic E-state index is 11.6. The third kappa shape index (κ3) is 4.72. The standard InChI is InChI=1S/C11H11N3O6/c15-9(5-12-10(16)6-13-11(17)18)7-1-3-8(4-2-7)14(19)20/h1-4,13H,5-6H2,(H,12,16)(H,17,18). The molecule has 0 heterocycles. The molecule has 0 saturated carbocycles. The fourth-order valence-electron chi connectivity index (χ4n) is 1.27. The number of nitro benzene ring substituents is 1. The third-order valence-electron chi connectivity index (χ3n) is 2.25. The van der Waals surface area contributed by atoms with Crippen molar-refractivity contribution in [1.29, 1.82) is 0 Å². The van der Waals surface area contributed by atoms with Crippen LogP contribution in [-0.2, 0) is 4.79 Å². The molecule has 1 rings (SSSR count). The molecule has 0 unspecified atom stereocenters. The minimum Gasteiger partial charge on any atom is -0.465 e. The van der Waals surface area contributed by atoms with Crippen molar-refractivity contribution < 1.29 is 24.4 Å². The highest BCUT2D eigenvalue weighted by molar-refractivity contribution is 5.99. The Bertz CT molecular complexity index is 540. The van der Waals surface area contributed by atoms with Crippen LogP contribution in [0, 0.1) is 10.1 Å². The summed E-state index contributed by atoms with van der Waals surface area (Å²) in [6, 6.07) is 4.92. The molecular weight excluding hydrogens is 270 g/mol. The monoisotopic (exact) mass is 281 g/mol. The lowest BCUT2D eigenvalue weighted by atomic mass is 10.1. The molecule has 0 aliphatic heterocycles. The largest absolute Gasteiger partial charge is 0.465 e. The number of ketones is 1. The number of carbonyl (C=O) groups excluding carboxylic acids is 2. The fourth-order valence-corrected chi connectivity index (χ4v) is 1.27. The van der Waals surface area contributed by atoms with Crippen molar-refractivity contribution in [2.75, 3.05) is 13.1 Å². The van der Waals surface area contributed by atoms with E-state index in [0.29, 0.717) is 0 Å². The molecule has 1 aromatic rings. The number of benzene rings is 1. The molecule has 0 aliphatic rings. The number of nitro groups is 1. The Hall–Kier alpha value is -2.97. The first-order chi connectivity index (χ1) is 9.40. The van der Waals surface area contributed by atoms with Crippen LogP contribution < -0.4 is 10.6 Å². The zero-order valence-electron chi connectivity index (χ0n) is 10.2. The molecular formula is C11H11N3O6. The fraction of sp³-hybridized carbons (Fsp3) is 0.182. The number of carboxylic acid groups (broad SMARTS) is 1. The lowest BCUT2D eigenvalue weighted by Gasteiger charge is -2.04. The van der Waals surface area contributed by atoms with E-state index in [1.807, 2.05) is 5.32 Å². The highest BCUT2D eigenvalue weighted by atomic mass is 16.6. The molecule has 2 amide bonds. The van der Waals surface area contributed by atoms with Gasteiger partial charge in [0.15, 0.2) is 5.78 Å². The summed E-state index contributed by atoms with van der Waals surface area (Å²) in [6.07, 6.45) is -1.35. The van der Waals surface area contributed by atoms with E-state index >= 15 is 0 Å². The van der Waals surface area contributed by atoms with Crippen molar-refractivity contribution in [3.8, 4) is 0 Å². The molecule has 0 radical (unpaired) electrons. The predicted octanol–water partition coefficient (Wildman–Crippen LogP) is 0.161. The highest BCUT2D eigenvalue weighted by Crippen LogP contribution is 2.11. The van der Waals surface area contributed by atoms with Crippen LogP contribution >= 0.6 is 0 Å². The van der Waals surface area contributed by atoms with Gasteiger partial charge in [0.1, 0.15) is 0 Å². The number of nitrogens with zero attached hydrogens (tertiary/aromatic N) is 1. The second kappa shape index (κ2) is 6.83. The number of hydrogen-bond acceptors (Lipinski definition) is 5. The summed E-state index contributed by atoms with van der Waals surface area (Å²) in [5.74, 6) is -1.09. The van der Waals surface area contributed by atoms with Crippen LogP contribution in [0.2, 0.25) is 0 Å². The lowest BCUT2D eigenvalue weighted by molar-refractivity contribution is -0.384. The maximum absolute atomic E-state index is 11.6. The summed E-state index contributed by atoms with van der Waals surface area (Å²) >= 11 is 0. The highest BCUT2D eigenvalue weighted by Gasteiger charge is 2.11. The Kier molecular flexibility index (Phi) is 5.15. The Morgan fingerprint density at radius 1 is 1.10 bits per heavy atom. The van der Waals surface area contributed by atoms with E-state index in [1.165, 1.54) is 24.3 Å². The van der Waals surface area contributed by atoms with E-state index in [4.69, 9.17) is 5.11 Å². The van der Waals surface area contributed by atoms with Gasteiger partial charge in [-0.2, -0.15) is 0 Å². The summed E-state index contributed by atoms with van der Waals surface area (Å²) in [7, 11) is 0. The van der Waals surface area contributed by atoms with E-state index in [2.05, 4.69) is 5.32 Å². The Morgan fingerprint density at radius 3 is 2.20 bits per heavy atom. The van der Waals surface area contributed by atoms with Gasteiger partial charge in [0.2, 0.25) is 5.91 Å². The molecule has 0 aliphatic carbocycles. The summed E-state index contributed by atoms with van der Waals surface area (Å²) in [4.78, 5) is 42.8. The van der Waals surface area contributed by atoms with E-state index in [9.17, 15) is 24.5 Å². The van der Waals surface area contributed by atoms with Crippen LogP contribution in [0.5, 0.6) is 0 Å². The topological polar surface area (TPSA) is 139 Å². The van der Waals surface area contributed by atoms with E-state index in [1.54, 1.807) is 0 Å². The van der Waals surface area contributed by atoms with Crippen LogP contribution in [0.4, 0.5) is 10.5 Å². The van der Waals surface area contributed by atoms with Gasteiger partial charge in [-0.15, -0.1) is 0 Å². The Labute approximate surface area is 112 Å². The summed E-state index contributed by atoms with van der Waals surface area (Å²) < 4.78 is 0. The number of rotatable bonds is 6. The van der Waals surface area contributed by atoms with Gasteiger partial charge < -0.3 is 15.7 Å². The first-order valence-electron chi connectivity index (χ1n) is 5.41. The second-order valence-corrected chi connectivity index (χ2v) is 3.66. The number of carbonyl (C=O) groups is 3. The van der Waals surface area contributed by atoms with E-state index in [0.717, 1.165) is 0 Å². The van der Waals surface area contributed by atoms with Crippen molar-refractivity contribution in [1.82, 2.24) is 10.6 Å². The van der Waals surface area contributed by atoms with Crippen LogP contribution in [0.15, 0.2) is 24.3 Å². The Morgan fingerprint density at radius 2 is 1.70 bits per heavy atom. The van der Waals surface area contributed by atoms with Crippen molar-refractivity contribution in [2.24, 2.45) is 0 Å². The molecule has 0 spiro atoms.